The molecule has 36 heavy (non-hydrogen) atoms. The molecule has 9 heteroatoms. The van der Waals surface area contributed by atoms with Gasteiger partial charge in [-0.2, -0.15) is 11.8 Å². The monoisotopic (exact) mass is 518 g/mol. The molecule has 1 spiro atoms. The number of hydrogen-bond acceptors (Lipinski definition) is 8. The summed E-state index contributed by atoms with van der Waals surface area (Å²) in [5.74, 6) is 1.77. The zero-order chi connectivity index (χ0) is 26.1. The first-order valence-corrected chi connectivity index (χ1v) is 13.9. The van der Waals surface area contributed by atoms with Gasteiger partial charge in [-0.3, -0.25) is 0 Å². The van der Waals surface area contributed by atoms with Crippen molar-refractivity contribution in [2.45, 2.75) is 75.8 Å². The minimum absolute atomic E-state index is 0.166. The molecule has 1 amide bonds. The van der Waals surface area contributed by atoms with Crippen molar-refractivity contribution in [3.63, 3.8) is 0 Å². The number of carbonyl (C=O) groups excluding carboxylic acids is 2. The smallest absolute Gasteiger partial charge is 0.408 e. The number of nitrogens with zero attached hydrogens (tertiary/aromatic N) is 1. The lowest BCUT2D eigenvalue weighted by molar-refractivity contribution is -0.151. The van der Waals surface area contributed by atoms with Gasteiger partial charge in [0.1, 0.15) is 23.9 Å². The quantitative estimate of drug-likeness (QED) is 0.428. The number of rotatable bonds is 7. The summed E-state index contributed by atoms with van der Waals surface area (Å²) in [6, 6.07) is 3.32. The zero-order valence-electron chi connectivity index (χ0n) is 22.1. The lowest BCUT2D eigenvalue weighted by atomic mass is 9.69. The van der Waals surface area contributed by atoms with Crippen molar-refractivity contribution in [1.82, 2.24) is 10.2 Å². The lowest BCUT2D eigenvalue weighted by Gasteiger charge is -2.37. The van der Waals surface area contributed by atoms with Crippen LogP contribution in [0.5, 0.6) is 11.5 Å². The van der Waals surface area contributed by atoms with E-state index < -0.39 is 29.8 Å². The van der Waals surface area contributed by atoms with Crippen LogP contribution < -0.4 is 14.8 Å². The van der Waals surface area contributed by atoms with Gasteiger partial charge in [0.2, 0.25) is 0 Å². The normalized spacial score (nSPS) is 25.6. The standard InChI is InChI=1S/C27H38N2O6S/c1-26(2,3)35-25(31)28-19(10-14-36-6)24(30)33-18-9-11-27-12-13-29(4)16-17-7-8-20(32-5)23(22(17)27)34-21(27)15-18/h7-9,11,18-19,21H,10,12-16H2,1-6H3,(H,28,31)/t18-,19+,21-,27?/m0/s1. The summed E-state index contributed by atoms with van der Waals surface area (Å²) in [6.07, 6.45) is 6.78. The molecule has 1 N–H and O–H groups in total. The molecule has 4 rings (SSSR count). The fraction of sp³-hybridized carbons (Fsp3) is 0.630. The maximum atomic E-state index is 13.1. The Balaban J connectivity index is 1.52. The molecule has 8 nitrogen and oxygen atoms in total. The van der Waals surface area contributed by atoms with E-state index in [1.54, 1.807) is 39.6 Å². The molecule has 1 aromatic rings. The Morgan fingerprint density at radius 3 is 2.81 bits per heavy atom. The van der Waals surface area contributed by atoms with Gasteiger partial charge in [-0.1, -0.05) is 12.1 Å². The van der Waals surface area contributed by atoms with Crippen LogP contribution in [-0.2, 0) is 26.2 Å². The number of esters is 1. The number of thioether (sulfide) groups is 1. The molecular weight excluding hydrogens is 480 g/mol. The van der Waals surface area contributed by atoms with Crippen LogP contribution in [0.1, 0.15) is 51.2 Å². The Labute approximate surface area is 218 Å². The molecule has 1 aromatic carbocycles. The molecule has 0 aromatic heterocycles. The first-order valence-electron chi connectivity index (χ1n) is 12.5. The molecule has 0 saturated carbocycles. The Morgan fingerprint density at radius 2 is 2.11 bits per heavy atom. The highest BCUT2D eigenvalue weighted by molar-refractivity contribution is 7.98. The Hall–Kier alpha value is -2.39. The Morgan fingerprint density at radius 1 is 1.33 bits per heavy atom. The number of hydrogen-bond donors (Lipinski definition) is 1. The molecule has 4 atom stereocenters. The Bertz CT molecular complexity index is 1020. The average molecular weight is 519 g/mol. The molecule has 0 saturated heterocycles. The van der Waals surface area contributed by atoms with Gasteiger partial charge in [-0.05, 0) is 76.9 Å². The van der Waals surface area contributed by atoms with Crippen molar-refractivity contribution in [2.75, 3.05) is 32.7 Å². The first-order chi connectivity index (χ1) is 17.1. The fourth-order valence-corrected chi connectivity index (χ4v) is 5.79. The number of benzene rings is 1. The van der Waals surface area contributed by atoms with Crippen LogP contribution >= 0.6 is 11.8 Å². The third kappa shape index (κ3) is 5.47. The van der Waals surface area contributed by atoms with E-state index in [9.17, 15) is 9.59 Å². The Kier molecular flexibility index (Phi) is 7.80. The third-order valence-corrected chi connectivity index (χ3v) is 7.63. The third-order valence-electron chi connectivity index (χ3n) is 6.98. The molecule has 0 fully saturated rings. The van der Waals surface area contributed by atoms with E-state index in [0.717, 1.165) is 31.0 Å². The van der Waals surface area contributed by atoms with Gasteiger partial charge in [0.15, 0.2) is 11.5 Å². The highest BCUT2D eigenvalue weighted by Gasteiger charge is 2.53. The first kappa shape index (κ1) is 26.7. The van der Waals surface area contributed by atoms with Crippen molar-refractivity contribution in [2.24, 2.45) is 0 Å². The van der Waals surface area contributed by atoms with Crippen molar-refractivity contribution < 1.29 is 28.5 Å². The molecule has 0 bridgehead atoms. The van der Waals surface area contributed by atoms with Crippen LogP contribution in [0.15, 0.2) is 24.3 Å². The van der Waals surface area contributed by atoms with Gasteiger partial charge in [-0.15, -0.1) is 0 Å². The van der Waals surface area contributed by atoms with Crippen molar-refractivity contribution in [1.29, 1.82) is 0 Å². The molecule has 3 aliphatic rings. The molecule has 0 radical (unpaired) electrons. The molecule has 2 aliphatic heterocycles. The zero-order valence-corrected chi connectivity index (χ0v) is 22.9. The van der Waals surface area contributed by atoms with E-state index >= 15 is 0 Å². The van der Waals surface area contributed by atoms with Crippen molar-refractivity contribution >= 4 is 23.8 Å². The summed E-state index contributed by atoms with van der Waals surface area (Å²) in [6.45, 7) is 7.15. The van der Waals surface area contributed by atoms with Crippen molar-refractivity contribution in [3.05, 3.63) is 35.4 Å². The minimum atomic E-state index is -0.781. The molecule has 2 heterocycles. The van der Waals surface area contributed by atoms with E-state index in [2.05, 4.69) is 29.4 Å². The van der Waals surface area contributed by atoms with Gasteiger partial charge in [0.25, 0.3) is 0 Å². The van der Waals surface area contributed by atoms with Gasteiger partial charge in [0, 0.05) is 18.5 Å². The van der Waals surface area contributed by atoms with E-state index in [4.69, 9.17) is 18.9 Å². The highest BCUT2D eigenvalue weighted by Crippen LogP contribution is 2.55. The second-order valence-corrected chi connectivity index (χ2v) is 11.8. The molecule has 1 unspecified atom stereocenters. The number of ether oxygens (including phenoxy) is 4. The van der Waals surface area contributed by atoms with E-state index in [1.165, 1.54) is 11.1 Å². The second-order valence-electron chi connectivity index (χ2n) is 10.8. The van der Waals surface area contributed by atoms with Gasteiger partial charge in [0.05, 0.1) is 12.5 Å². The van der Waals surface area contributed by atoms with E-state index in [0.29, 0.717) is 18.6 Å². The van der Waals surface area contributed by atoms with Crippen LogP contribution in [0.25, 0.3) is 0 Å². The summed E-state index contributed by atoms with van der Waals surface area (Å²) in [4.78, 5) is 27.8. The second kappa shape index (κ2) is 10.5. The summed E-state index contributed by atoms with van der Waals surface area (Å²) in [5, 5.41) is 2.70. The molecule has 1 aliphatic carbocycles. The highest BCUT2D eigenvalue weighted by atomic mass is 32.2. The topological polar surface area (TPSA) is 86.3 Å². The van der Waals surface area contributed by atoms with Gasteiger partial charge in [-0.25, -0.2) is 9.59 Å². The van der Waals surface area contributed by atoms with Crippen molar-refractivity contribution in [3.8, 4) is 11.5 Å². The van der Waals surface area contributed by atoms with Crippen LogP contribution in [0.3, 0.4) is 0 Å². The average Bonchev–Trinajstić information content (AvgIpc) is 3.06. The number of amides is 1. The van der Waals surface area contributed by atoms with Gasteiger partial charge >= 0.3 is 12.1 Å². The van der Waals surface area contributed by atoms with Crippen LogP contribution in [-0.4, -0.2) is 73.5 Å². The van der Waals surface area contributed by atoms with Gasteiger partial charge < -0.3 is 29.2 Å². The summed E-state index contributed by atoms with van der Waals surface area (Å²) < 4.78 is 23.4. The number of carbonyl (C=O) groups is 2. The SMILES string of the molecule is COc1ccc2c3c1O[C@H]1C[C@@H](OC(=O)[C@@H](CCSC)NC(=O)OC(C)(C)C)C=CC31CCN(C)C2. The number of nitrogens with one attached hydrogen (secondary N) is 1. The summed E-state index contributed by atoms with van der Waals surface area (Å²) >= 11 is 1.61. The largest absolute Gasteiger partial charge is 0.493 e. The number of methoxy groups -OCH3 is 1. The summed E-state index contributed by atoms with van der Waals surface area (Å²) in [7, 11) is 3.79. The van der Waals surface area contributed by atoms with E-state index in [-0.39, 0.29) is 11.5 Å². The molecular formula is C27H38N2O6S. The fourth-order valence-electron chi connectivity index (χ4n) is 5.32. The molecule has 198 valence electrons. The predicted octanol–water partition coefficient (Wildman–Crippen LogP) is 4.05. The summed E-state index contributed by atoms with van der Waals surface area (Å²) in [5.41, 5.74) is 1.51. The van der Waals surface area contributed by atoms with Crippen LogP contribution in [0.4, 0.5) is 4.79 Å². The maximum absolute atomic E-state index is 13.1. The lowest BCUT2D eigenvalue weighted by Crippen LogP contribution is -2.47. The minimum Gasteiger partial charge on any atom is -0.493 e. The number of alkyl carbamates (subject to hydrolysis) is 1. The van der Waals surface area contributed by atoms with Crippen LogP contribution in [0, 0.1) is 0 Å². The predicted molar refractivity (Wildman–Crippen MR) is 140 cm³/mol. The van der Waals surface area contributed by atoms with E-state index in [1.807, 2.05) is 18.4 Å². The maximum Gasteiger partial charge on any atom is 0.408 e. The van der Waals surface area contributed by atoms with Crippen LogP contribution in [0.2, 0.25) is 0 Å².